The number of nitriles is 1. The Morgan fingerprint density at radius 3 is 2.85 bits per heavy atom. The zero-order valence-corrected chi connectivity index (χ0v) is 8.43. The van der Waals surface area contributed by atoms with Crippen molar-refractivity contribution in [2.24, 2.45) is 0 Å². The largest absolute Gasteiger partial charge is 0.397 e. The van der Waals surface area contributed by atoms with Gasteiger partial charge in [-0.15, -0.1) is 11.8 Å². The molecule has 0 amide bonds. The molecule has 0 aliphatic heterocycles. The average molecular weight is 193 g/mol. The van der Waals surface area contributed by atoms with Gasteiger partial charge in [0.2, 0.25) is 0 Å². The van der Waals surface area contributed by atoms with E-state index in [0.29, 0.717) is 16.5 Å². The molecule has 1 aromatic rings. The molecule has 0 spiro atoms. The second kappa shape index (κ2) is 4.15. The van der Waals surface area contributed by atoms with Crippen molar-refractivity contribution < 1.29 is 0 Å². The van der Waals surface area contributed by atoms with E-state index < -0.39 is 0 Å². The SMILES string of the molecule is CC(C)Sc1ncc(N)cc1C#N. The van der Waals surface area contributed by atoms with Crippen molar-refractivity contribution >= 4 is 17.4 Å². The zero-order chi connectivity index (χ0) is 9.84. The molecular formula is C9H11N3S. The molecule has 0 aliphatic rings. The maximum Gasteiger partial charge on any atom is 0.114 e. The highest BCUT2D eigenvalue weighted by molar-refractivity contribution is 7.99. The number of nitrogens with zero attached hydrogens (tertiary/aromatic N) is 2. The van der Waals surface area contributed by atoms with E-state index >= 15 is 0 Å². The lowest BCUT2D eigenvalue weighted by molar-refractivity contribution is 1.06. The number of hydrogen-bond acceptors (Lipinski definition) is 4. The quantitative estimate of drug-likeness (QED) is 0.730. The third kappa shape index (κ3) is 2.63. The van der Waals surface area contributed by atoms with Crippen LogP contribution in [0.4, 0.5) is 5.69 Å². The van der Waals surface area contributed by atoms with Crippen molar-refractivity contribution in [2.75, 3.05) is 5.73 Å². The molecule has 2 N–H and O–H groups in total. The van der Waals surface area contributed by atoms with Gasteiger partial charge in [0.05, 0.1) is 17.4 Å². The molecule has 1 heterocycles. The summed E-state index contributed by atoms with van der Waals surface area (Å²) in [6, 6.07) is 3.73. The van der Waals surface area contributed by atoms with Crippen LogP contribution in [-0.2, 0) is 0 Å². The van der Waals surface area contributed by atoms with E-state index in [1.807, 2.05) is 0 Å². The number of pyridine rings is 1. The Bertz CT molecular complexity index is 341. The summed E-state index contributed by atoms with van der Waals surface area (Å²) in [5.41, 5.74) is 6.60. The van der Waals surface area contributed by atoms with Gasteiger partial charge in [-0.1, -0.05) is 13.8 Å². The van der Waals surface area contributed by atoms with Gasteiger partial charge in [0, 0.05) is 5.25 Å². The van der Waals surface area contributed by atoms with Crippen LogP contribution in [0.25, 0.3) is 0 Å². The molecule has 0 fully saturated rings. The average Bonchev–Trinajstić information content (AvgIpc) is 2.07. The van der Waals surface area contributed by atoms with Gasteiger partial charge in [-0.2, -0.15) is 5.26 Å². The van der Waals surface area contributed by atoms with Crippen LogP contribution in [0.2, 0.25) is 0 Å². The summed E-state index contributed by atoms with van der Waals surface area (Å²) in [6.07, 6.45) is 1.57. The molecule has 4 heteroatoms. The summed E-state index contributed by atoms with van der Waals surface area (Å²) in [5, 5.41) is 9.97. The molecule has 0 unspecified atom stereocenters. The zero-order valence-electron chi connectivity index (χ0n) is 7.61. The van der Waals surface area contributed by atoms with E-state index in [0.717, 1.165) is 5.03 Å². The van der Waals surface area contributed by atoms with Crippen molar-refractivity contribution in [3.8, 4) is 6.07 Å². The second-order valence-corrected chi connectivity index (χ2v) is 4.46. The number of thioether (sulfide) groups is 1. The van der Waals surface area contributed by atoms with Crippen LogP contribution in [0.3, 0.4) is 0 Å². The fourth-order valence-electron chi connectivity index (χ4n) is 0.866. The highest BCUT2D eigenvalue weighted by Crippen LogP contribution is 2.24. The molecular weight excluding hydrogens is 182 g/mol. The Morgan fingerprint density at radius 2 is 2.31 bits per heavy atom. The molecule has 0 saturated carbocycles. The minimum absolute atomic E-state index is 0.420. The summed E-state index contributed by atoms with van der Waals surface area (Å²) in [6.45, 7) is 4.12. The Balaban J connectivity index is 3.01. The summed E-state index contributed by atoms with van der Waals surface area (Å²) >= 11 is 1.57. The van der Waals surface area contributed by atoms with Crippen LogP contribution in [0.15, 0.2) is 17.3 Å². The number of nitrogen functional groups attached to an aromatic ring is 1. The molecule has 13 heavy (non-hydrogen) atoms. The monoisotopic (exact) mass is 193 g/mol. The maximum atomic E-state index is 8.80. The Kier molecular flexibility index (Phi) is 3.15. The van der Waals surface area contributed by atoms with Crippen molar-refractivity contribution in [3.05, 3.63) is 17.8 Å². The van der Waals surface area contributed by atoms with Crippen LogP contribution in [0.1, 0.15) is 19.4 Å². The fourth-order valence-corrected chi connectivity index (χ4v) is 1.66. The van der Waals surface area contributed by atoms with Crippen LogP contribution < -0.4 is 5.73 Å². The van der Waals surface area contributed by atoms with Crippen molar-refractivity contribution in [1.82, 2.24) is 4.98 Å². The van der Waals surface area contributed by atoms with E-state index in [1.165, 1.54) is 0 Å². The Labute approximate surface area is 82.0 Å². The molecule has 0 aromatic carbocycles. The lowest BCUT2D eigenvalue weighted by atomic mass is 10.3. The van der Waals surface area contributed by atoms with Gasteiger partial charge in [0.25, 0.3) is 0 Å². The highest BCUT2D eigenvalue weighted by atomic mass is 32.2. The minimum atomic E-state index is 0.420. The first-order valence-corrected chi connectivity index (χ1v) is 4.83. The Hall–Kier alpha value is -1.21. The van der Waals surface area contributed by atoms with E-state index in [9.17, 15) is 0 Å². The van der Waals surface area contributed by atoms with E-state index in [1.54, 1.807) is 24.0 Å². The molecule has 68 valence electrons. The van der Waals surface area contributed by atoms with Gasteiger partial charge in [0.15, 0.2) is 0 Å². The summed E-state index contributed by atoms with van der Waals surface area (Å²) in [7, 11) is 0. The second-order valence-electron chi connectivity index (χ2n) is 2.90. The van der Waals surface area contributed by atoms with Crippen LogP contribution in [0, 0.1) is 11.3 Å². The molecule has 0 radical (unpaired) electrons. The topological polar surface area (TPSA) is 62.7 Å². The molecule has 0 bridgehead atoms. The first-order chi connectivity index (χ1) is 6.13. The van der Waals surface area contributed by atoms with E-state index in [2.05, 4.69) is 24.9 Å². The number of nitrogens with two attached hydrogens (primary N) is 1. The molecule has 3 nitrogen and oxygen atoms in total. The number of aromatic nitrogens is 1. The first kappa shape index (κ1) is 9.87. The highest BCUT2D eigenvalue weighted by Gasteiger charge is 2.06. The van der Waals surface area contributed by atoms with Crippen LogP contribution >= 0.6 is 11.8 Å². The molecule has 0 aliphatic carbocycles. The lowest BCUT2D eigenvalue weighted by Gasteiger charge is -2.05. The molecule has 0 saturated heterocycles. The normalized spacial score (nSPS) is 10.0. The smallest absolute Gasteiger partial charge is 0.114 e. The van der Waals surface area contributed by atoms with Crippen molar-refractivity contribution in [1.29, 1.82) is 5.26 Å². The van der Waals surface area contributed by atoms with E-state index in [-0.39, 0.29) is 0 Å². The van der Waals surface area contributed by atoms with Crippen LogP contribution in [-0.4, -0.2) is 10.2 Å². The van der Waals surface area contributed by atoms with Gasteiger partial charge in [-0.25, -0.2) is 4.98 Å². The maximum absolute atomic E-state index is 8.80. The fraction of sp³-hybridized carbons (Fsp3) is 0.333. The Morgan fingerprint density at radius 1 is 1.62 bits per heavy atom. The molecule has 1 aromatic heterocycles. The summed E-state index contributed by atoms with van der Waals surface area (Å²) in [4.78, 5) is 4.10. The van der Waals surface area contributed by atoms with Crippen LogP contribution in [0.5, 0.6) is 0 Å². The molecule has 0 atom stereocenters. The predicted octanol–water partition coefficient (Wildman–Crippen LogP) is 2.04. The summed E-state index contributed by atoms with van der Waals surface area (Å²) in [5.74, 6) is 0. The molecule has 1 rings (SSSR count). The van der Waals surface area contributed by atoms with Gasteiger partial charge >= 0.3 is 0 Å². The van der Waals surface area contributed by atoms with Gasteiger partial charge in [-0.05, 0) is 6.07 Å². The number of rotatable bonds is 2. The summed E-state index contributed by atoms with van der Waals surface area (Å²) < 4.78 is 0. The van der Waals surface area contributed by atoms with Crippen molar-refractivity contribution in [2.45, 2.75) is 24.1 Å². The first-order valence-electron chi connectivity index (χ1n) is 3.95. The van der Waals surface area contributed by atoms with Crippen molar-refractivity contribution in [3.63, 3.8) is 0 Å². The third-order valence-corrected chi connectivity index (χ3v) is 2.36. The van der Waals surface area contributed by atoms with E-state index in [4.69, 9.17) is 11.0 Å². The number of hydrogen-bond donors (Lipinski definition) is 1. The minimum Gasteiger partial charge on any atom is -0.397 e. The predicted molar refractivity (Wildman–Crippen MR) is 54.4 cm³/mol. The van der Waals surface area contributed by atoms with Gasteiger partial charge in [0.1, 0.15) is 11.1 Å². The van der Waals surface area contributed by atoms with Gasteiger partial charge < -0.3 is 5.73 Å². The lowest BCUT2D eigenvalue weighted by Crippen LogP contribution is -1.95. The number of anilines is 1. The standard InChI is InChI=1S/C9H11N3S/c1-6(2)13-9-7(4-10)3-8(11)5-12-9/h3,5-6H,11H2,1-2H3. The van der Waals surface area contributed by atoms with Gasteiger partial charge in [-0.3, -0.25) is 0 Å². The third-order valence-electron chi connectivity index (χ3n) is 1.34.